The lowest BCUT2D eigenvalue weighted by molar-refractivity contribution is 0.0562. The number of aliphatic imine (C=N–C) groups is 1. The van der Waals surface area contributed by atoms with E-state index >= 15 is 4.39 Å². The van der Waals surface area contributed by atoms with Gasteiger partial charge < -0.3 is 14.6 Å². The molecule has 1 atom stereocenters. The second-order valence-corrected chi connectivity index (χ2v) is 10.2. The molecule has 1 aliphatic rings. The number of amidine groups is 1. The van der Waals surface area contributed by atoms with E-state index in [0.717, 1.165) is 12.3 Å². The number of nitrogens with one attached hydrogen (secondary N) is 2. The third kappa shape index (κ3) is 5.72. The number of carbonyl (C=O) groups excluding carboxylic acids is 2. The summed E-state index contributed by atoms with van der Waals surface area (Å²) in [6, 6.07) is 6.27. The van der Waals surface area contributed by atoms with Crippen molar-refractivity contribution in [2.24, 2.45) is 4.99 Å². The molecule has 0 unspecified atom stereocenters. The zero-order valence-corrected chi connectivity index (χ0v) is 21.7. The van der Waals surface area contributed by atoms with E-state index in [1.54, 1.807) is 27.7 Å². The first-order valence-electron chi connectivity index (χ1n) is 11.0. The quantitative estimate of drug-likeness (QED) is 0.458. The SMILES string of the molecule is CC(C)(C)OC(=O)NC1=N[C@](C)(c2cc(NC(=O)c3ccc(F)cn3)ccc2F)Cn2c1nc(Cl)c2Cl. The van der Waals surface area contributed by atoms with Crippen molar-refractivity contribution >= 4 is 46.7 Å². The summed E-state index contributed by atoms with van der Waals surface area (Å²) < 4.78 is 35.1. The lowest BCUT2D eigenvalue weighted by atomic mass is 9.90. The number of alkyl carbamates (subject to hydrolysis) is 1. The fourth-order valence-electron chi connectivity index (χ4n) is 3.72. The number of fused-ring (bicyclic) bond motifs is 1. The van der Waals surface area contributed by atoms with Crippen molar-refractivity contribution in [2.75, 3.05) is 5.32 Å². The van der Waals surface area contributed by atoms with Crippen LogP contribution in [0.3, 0.4) is 0 Å². The lowest BCUT2D eigenvalue weighted by Crippen LogP contribution is -2.44. The molecule has 4 rings (SSSR count). The van der Waals surface area contributed by atoms with Gasteiger partial charge in [0.1, 0.15) is 33.6 Å². The number of hydrogen-bond donors (Lipinski definition) is 2. The van der Waals surface area contributed by atoms with Crippen molar-refractivity contribution < 1.29 is 23.1 Å². The van der Waals surface area contributed by atoms with Gasteiger partial charge in [0.15, 0.2) is 16.8 Å². The van der Waals surface area contributed by atoms with E-state index in [9.17, 15) is 14.0 Å². The lowest BCUT2D eigenvalue weighted by Gasteiger charge is -2.33. The Morgan fingerprint density at radius 1 is 1.14 bits per heavy atom. The summed E-state index contributed by atoms with van der Waals surface area (Å²) in [4.78, 5) is 37.6. The number of amides is 2. The Kier molecular flexibility index (Phi) is 6.95. The van der Waals surface area contributed by atoms with Gasteiger partial charge in [0.2, 0.25) is 0 Å². The van der Waals surface area contributed by atoms with Gasteiger partial charge >= 0.3 is 6.09 Å². The smallest absolute Gasteiger partial charge is 0.413 e. The van der Waals surface area contributed by atoms with Crippen LogP contribution >= 0.6 is 23.2 Å². The Labute approximate surface area is 220 Å². The minimum Gasteiger partial charge on any atom is -0.444 e. The number of pyridine rings is 1. The van der Waals surface area contributed by atoms with Gasteiger partial charge in [0.05, 0.1) is 12.7 Å². The fraction of sp³-hybridized carbons (Fsp3) is 0.292. The Morgan fingerprint density at radius 2 is 1.86 bits per heavy atom. The van der Waals surface area contributed by atoms with Crippen LogP contribution in [0.25, 0.3) is 0 Å². The van der Waals surface area contributed by atoms with Crippen molar-refractivity contribution in [2.45, 2.75) is 45.4 Å². The molecule has 2 N–H and O–H groups in total. The van der Waals surface area contributed by atoms with Gasteiger partial charge in [-0.3, -0.25) is 15.1 Å². The molecule has 0 bridgehead atoms. The third-order valence-electron chi connectivity index (χ3n) is 5.29. The summed E-state index contributed by atoms with van der Waals surface area (Å²) in [5.74, 6) is -1.68. The Bertz CT molecular complexity index is 1420. The minimum absolute atomic E-state index is 0.0205. The number of anilines is 1. The highest BCUT2D eigenvalue weighted by Crippen LogP contribution is 2.38. The maximum Gasteiger partial charge on any atom is 0.413 e. The standard InChI is InChI=1S/C24H22Cl2F2N6O3/c1-23(2,3)37-22(36)32-19-20-31-17(25)18(26)34(20)11-24(4,33-19)14-9-13(6-7-15(14)28)30-21(35)16-8-5-12(27)10-29-16/h5-10H,11H2,1-4H3,(H,30,35)(H,32,33,36)/t24-/m0/s1. The predicted octanol–water partition coefficient (Wildman–Crippen LogP) is 5.32. The first-order chi connectivity index (χ1) is 17.3. The Morgan fingerprint density at radius 3 is 2.51 bits per heavy atom. The monoisotopic (exact) mass is 550 g/mol. The van der Waals surface area contributed by atoms with Crippen molar-refractivity contribution in [3.05, 3.63) is 75.6 Å². The van der Waals surface area contributed by atoms with Crippen LogP contribution in [0.1, 0.15) is 49.6 Å². The molecule has 1 aromatic carbocycles. The van der Waals surface area contributed by atoms with Crippen LogP contribution < -0.4 is 10.6 Å². The number of aromatic nitrogens is 3. The second kappa shape index (κ2) is 9.71. The molecule has 2 aromatic heterocycles. The number of halogens is 4. The molecule has 194 valence electrons. The van der Waals surface area contributed by atoms with Crippen molar-refractivity contribution in [3.63, 3.8) is 0 Å². The normalized spacial score (nSPS) is 17.0. The number of ether oxygens (including phenoxy) is 1. The van der Waals surface area contributed by atoms with Crippen LogP contribution in [0.15, 0.2) is 41.5 Å². The Hall–Kier alpha value is -3.57. The number of rotatable bonds is 3. The first-order valence-corrected chi connectivity index (χ1v) is 11.8. The molecule has 0 radical (unpaired) electrons. The van der Waals surface area contributed by atoms with Crippen LogP contribution in [-0.2, 0) is 16.8 Å². The molecule has 9 nitrogen and oxygen atoms in total. The molecule has 0 aliphatic carbocycles. The predicted molar refractivity (Wildman–Crippen MR) is 134 cm³/mol. The van der Waals surface area contributed by atoms with Crippen molar-refractivity contribution in [1.82, 2.24) is 19.9 Å². The summed E-state index contributed by atoms with van der Waals surface area (Å²) >= 11 is 12.5. The number of imidazole rings is 1. The molecule has 0 spiro atoms. The summed E-state index contributed by atoms with van der Waals surface area (Å²) in [6.45, 7) is 6.75. The highest BCUT2D eigenvalue weighted by molar-refractivity contribution is 6.41. The molecule has 3 aromatic rings. The van der Waals surface area contributed by atoms with E-state index in [4.69, 9.17) is 27.9 Å². The molecule has 37 heavy (non-hydrogen) atoms. The van der Waals surface area contributed by atoms with Crippen LogP contribution in [0.4, 0.5) is 19.3 Å². The number of nitrogens with zero attached hydrogens (tertiary/aromatic N) is 4. The molecule has 0 saturated carbocycles. The number of benzene rings is 1. The minimum atomic E-state index is -1.32. The molecular formula is C24H22Cl2F2N6O3. The zero-order valence-electron chi connectivity index (χ0n) is 20.2. The average Bonchev–Trinajstić information content (AvgIpc) is 3.08. The van der Waals surface area contributed by atoms with Gasteiger partial charge in [-0.25, -0.2) is 23.5 Å². The van der Waals surface area contributed by atoms with E-state index in [1.807, 2.05) is 0 Å². The summed E-state index contributed by atoms with van der Waals surface area (Å²) in [5, 5.41) is 5.21. The second-order valence-electron chi connectivity index (χ2n) is 9.47. The topological polar surface area (TPSA) is 110 Å². The van der Waals surface area contributed by atoms with Crippen molar-refractivity contribution in [3.8, 4) is 0 Å². The molecule has 1 aliphatic heterocycles. The highest BCUT2D eigenvalue weighted by atomic mass is 35.5. The Balaban J connectivity index is 1.71. The van der Waals surface area contributed by atoms with Gasteiger partial charge in [-0.15, -0.1) is 0 Å². The van der Waals surface area contributed by atoms with Crippen molar-refractivity contribution in [1.29, 1.82) is 0 Å². The summed E-state index contributed by atoms with van der Waals surface area (Å²) in [6.07, 6.45) is 0.116. The molecule has 0 fully saturated rings. The van der Waals surface area contributed by atoms with Gasteiger partial charge in [-0.2, -0.15) is 0 Å². The molecule has 2 amide bonds. The highest BCUT2D eigenvalue weighted by Gasteiger charge is 2.38. The average molecular weight is 551 g/mol. The van der Waals surface area contributed by atoms with E-state index in [-0.39, 0.29) is 45.5 Å². The van der Waals surface area contributed by atoms with Crippen LogP contribution in [0.2, 0.25) is 10.3 Å². The van der Waals surface area contributed by atoms with Gasteiger partial charge in [0, 0.05) is 11.3 Å². The van der Waals surface area contributed by atoms with E-state index in [0.29, 0.717) is 0 Å². The van der Waals surface area contributed by atoms with Crippen LogP contribution in [0, 0.1) is 11.6 Å². The first kappa shape index (κ1) is 26.5. The summed E-state index contributed by atoms with van der Waals surface area (Å²) in [7, 11) is 0. The number of carbonyl (C=O) groups is 2. The molecular weight excluding hydrogens is 529 g/mol. The van der Waals surface area contributed by atoms with Gasteiger partial charge in [0.25, 0.3) is 5.91 Å². The molecule has 0 saturated heterocycles. The van der Waals surface area contributed by atoms with E-state index in [1.165, 1.54) is 28.8 Å². The maximum absolute atomic E-state index is 15.2. The van der Waals surface area contributed by atoms with E-state index < -0.39 is 34.8 Å². The largest absolute Gasteiger partial charge is 0.444 e. The van der Waals surface area contributed by atoms with E-state index in [2.05, 4.69) is 25.6 Å². The summed E-state index contributed by atoms with van der Waals surface area (Å²) in [5.41, 5.74) is -1.80. The third-order valence-corrected chi connectivity index (χ3v) is 6.03. The maximum atomic E-state index is 15.2. The van der Waals surface area contributed by atoms with Crippen LogP contribution in [-0.4, -0.2) is 38.0 Å². The fourth-order valence-corrected chi connectivity index (χ4v) is 4.08. The molecule has 13 heteroatoms. The zero-order chi connectivity index (χ0) is 27.1. The van der Waals surface area contributed by atoms with Gasteiger partial charge in [-0.1, -0.05) is 23.2 Å². The molecule has 3 heterocycles. The van der Waals surface area contributed by atoms with Crippen LogP contribution in [0.5, 0.6) is 0 Å². The van der Waals surface area contributed by atoms with Gasteiger partial charge in [-0.05, 0) is 58.0 Å². The number of hydrogen-bond acceptors (Lipinski definition) is 6.